The summed E-state index contributed by atoms with van der Waals surface area (Å²) in [5, 5.41) is 4.51. The average molecular weight is 267 g/mol. The highest BCUT2D eigenvalue weighted by Gasteiger charge is 2.10. The number of hydrogen-bond acceptors (Lipinski definition) is 2. The summed E-state index contributed by atoms with van der Waals surface area (Å²) in [7, 11) is 0. The molecule has 3 nitrogen and oxygen atoms in total. The first-order valence-electron chi connectivity index (χ1n) is 6.32. The van der Waals surface area contributed by atoms with E-state index in [1.165, 1.54) is 12.1 Å². The summed E-state index contributed by atoms with van der Waals surface area (Å²) in [5.41, 5.74) is 9.73. The molecule has 2 aromatic carbocycles. The molecule has 3 aromatic rings. The molecule has 2 N–H and O–H groups in total. The lowest BCUT2D eigenvalue weighted by Gasteiger charge is -2.04. The molecule has 0 bridgehead atoms. The average Bonchev–Trinajstić information content (AvgIpc) is 2.82. The molecule has 0 saturated heterocycles. The van der Waals surface area contributed by atoms with Gasteiger partial charge in [0.2, 0.25) is 0 Å². The Balaban J connectivity index is 2.08. The van der Waals surface area contributed by atoms with E-state index in [0.29, 0.717) is 5.82 Å². The minimum Gasteiger partial charge on any atom is -0.384 e. The van der Waals surface area contributed by atoms with Gasteiger partial charge in [-0.1, -0.05) is 24.3 Å². The van der Waals surface area contributed by atoms with Crippen LogP contribution in [0.2, 0.25) is 0 Å². The fraction of sp³-hybridized carbons (Fsp3) is 0.0625. The molecule has 20 heavy (non-hydrogen) atoms. The van der Waals surface area contributed by atoms with Gasteiger partial charge in [-0.15, -0.1) is 0 Å². The Morgan fingerprint density at radius 2 is 1.75 bits per heavy atom. The lowest BCUT2D eigenvalue weighted by molar-refractivity contribution is 0.627. The highest BCUT2D eigenvalue weighted by molar-refractivity contribution is 5.66. The number of rotatable bonds is 2. The van der Waals surface area contributed by atoms with Gasteiger partial charge in [0.05, 0.1) is 11.4 Å². The minimum atomic E-state index is -0.279. The highest BCUT2D eigenvalue weighted by atomic mass is 19.1. The first-order valence-corrected chi connectivity index (χ1v) is 6.32. The zero-order chi connectivity index (χ0) is 14.1. The van der Waals surface area contributed by atoms with Crippen molar-refractivity contribution in [3.63, 3.8) is 0 Å². The zero-order valence-electron chi connectivity index (χ0n) is 11.0. The van der Waals surface area contributed by atoms with Crippen molar-refractivity contribution in [3.05, 3.63) is 66.0 Å². The molecule has 0 saturated carbocycles. The second-order valence-electron chi connectivity index (χ2n) is 4.66. The van der Waals surface area contributed by atoms with E-state index in [2.05, 4.69) is 5.10 Å². The molecule has 3 rings (SSSR count). The van der Waals surface area contributed by atoms with Crippen LogP contribution in [0.5, 0.6) is 0 Å². The van der Waals surface area contributed by atoms with Crippen LogP contribution in [0.15, 0.2) is 54.6 Å². The van der Waals surface area contributed by atoms with Crippen molar-refractivity contribution < 1.29 is 4.39 Å². The summed E-state index contributed by atoms with van der Waals surface area (Å²) in [6.45, 7) is 2.03. The van der Waals surface area contributed by atoms with Gasteiger partial charge in [-0.25, -0.2) is 9.07 Å². The number of benzene rings is 2. The molecule has 0 radical (unpaired) electrons. The van der Waals surface area contributed by atoms with E-state index < -0.39 is 0 Å². The van der Waals surface area contributed by atoms with Gasteiger partial charge in [-0.3, -0.25) is 0 Å². The van der Waals surface area contributed by atoms with Crippen LogP contribution in [0.4, 0.5) is 10.2 Å². The number of nitrogens with zero attached hydrogens (tertiary/aromatic N) is 2. The van der Waals surface area contributed by atoms with E-state index in [4.69, 9.17) is 5.73 Å². The quantitative estimate of drug-likeness (QED) is 0.771. The number of anilines is 1. The van der Waals surface area contributed by atoms with Crippen LogP contribution in [-0.2, 0) is 0 Å². The van der Waals surface area contributed by atoms with Gasteiger partial charge < -0.3 is 5.73 Å². The summed E-state index contributed by atoms with van der Waals surface area (Å²) in [6.07, 6.45) is 0. The molecule has 100 valence electrons. The van der Waals surface area contributed by atoms with Crippen LogP contribution in [0.1, 0.15) is 5.56 Å². The second-order valence-corrected chi connectivity index (χ2v) is 4.66. The first-order chi connectivity index (χ1) is 9.65. The van der Waals surface area contributed by atoms with E-state index in [1.807, 2.05) is 37.3 Å². The van der Waals surface area contributed by atoms with E-state index in [0.717, 1.165) is 22.5 Å². The normalized spacial score (nSPS) is 10.7. The molecular weight excluding hydrogens is 253 g/mol. The van der Waals surface area contributed by atoms with Crippen LogP contribution in [0, 0.1) is 12.7 Å². The molecule has 0 aliphatic rings. The Morgan fingerprint density at radius 1 is 1.05 bits per heavy atom. The fourth-order valence-electron chi connectivity index (χ4n) is 2.18. The SMILES string of the molecule is Cc1ccccc1-c1cc(N)n(-c2ccc(F)cc2)n1. The molecule has 0 aliphatic carbocycles. The zero-order valence-corrected chi connectivity index (χ0v) is 11.0. The van der Waals surface area contributed by atoms with Gasteiger partial charge in [0.15, 0.2) is 0 Å². The van der Waals surface area contributed by atoms with Crippen molar-refractivity contribution in [2.45, 2.75) is 6.92 Å². The number of nitrogen functional groups attached to an aromatic ring is 1. The standard InChI is InChI=1S/C16H14FN3/c1-11-4-2-3-5-14(11)15-10-16(18)20(19-15)13-8-6-12(17)7-9-13/h2-10H,18H2,1H3. The molecule has 0 spiro atoms. The molecule has 0 aliphatic heterocycles. The Labute approximate surface area is 116 Å². The van der Waals surface area contributed by atoms with Gasteiger partial charge in [0.25, 0.3) is 0 Å². The predicted molar refractivity (Wildman–Crippen MR) is 78.1 cm³/mol. The van der Waals surface area contributed by atoms with Crippen molar-refractivity contribution in [1.82, 2.24) is 9.78 Å². The third kappa shape index (κ3) is 2.16. The molecule has 1 aromatic heterocycles. The summed E-state index contributed by atoms with van der Waals surface area (Å²) < 4.78 is 14.6. The molecule has 0 amide bonds. The largest absolute Gasteiger partial charge is 0.384 e. The fourth-order valence-corrected chi connectivity index (χ4v) is 2.18. The maximum absolute atomic E-state index is 13.0. The van der Waals surface area contributed by atoms with Crippen molar-refractivity contribution in [2.24, 2.45) is 0 Å². The predicted octanol–water partition coefficient (Wildman–Crippen LogP) is 3.57. The molecule has 0 fully saturated rings. The van der Waals surface area contributed by atoms with Crippen molar-refractivity contribution >= 4 is 5.82 Å². The van der Waals surface area contributed by atoms with Gasteiger partial charge in [0.1, 0.15) is 11.6 Å². The number of hydrogen-bond donors (Lipinski definition) is 1. The Bertz CT molecular complexity index is 745. The van der Waals surface area contributed by atoms with Crippen LogP contribution in [-0.4, -0.2) is 9.78 Å². The van der Waals surface area contributed by atoms with E-state index in [-0.39, 0.29) is 5.82 Å². The van der Waals surface area contributed by atoms with Crippen LogP contribution in [0.25, 0.3) is 16.9 Å². The summed E-state index contributed by atoms with van der Waals surface area (Å²) in [4.78, 5) is 0. The maximum Gasteiger partial charge on any atom is 0.127 e. The van der Waals surface area contributed by atoms with Gasteiger partial charge in [-0.05, 0) is 36.8 Å². The summed E-state index contributed by atoms with van der Waals surface area (Å²) in [5.74, 6) is 0.244. The van der Waals surface area contributed by atoms with Gasteiger partial charge >= 0.3 is 0 Å². The molecule has 1 heterocycles. The topological polar surface area (TPSA) is 43.8 Å². The molecule has 4 heteroatoms. The summed E-state index contributed by atoms with van der Waals surface area (Å²) in [6, 6.07) is 15.9. The second kappa shape index (κ2) is 4.81. The van der Waals surface area contributed by atoms with Crippen molar-refractivity contribution in [1.29, 1.82) is 0 Å². The van der Waals surface area contributed by atoms with E-state index >= 15 is 0 Å². The van der Waals surface area contributed by atoms with Crippen molar-refractivity contribution in [2.75, 3.05) is 5.73 Å². The van der Waals surface area contributed by atoms with Crippen LogP contribution in [0.3, 0.4) is 0 Å². The third-order valence-corrected chi connectivity index (χ3v) is 3.23. The smallest absolute Gasteiger partial charge is 0.127 e. The maximum atomic E-state index is 13.0. The molecule has 0 atom stereocenters. The number of nitrogens with two attached hydrogens (primary N) is 1. The van der Waals surface area contributed by atoms with Gasteiger partial charge in [-0.2, -0.15) is 5.10 Å². The Morgan fingerprint density at radius 3 is 2.45 bits per heavy atom. The Kier molecular flexibility index (Phi) is 2.99. The van der Waals surface area contributed by atoms with Crippen molar-refractivity contribution in [3.8, 4) is 16.9 Å². The van der Waals surface area contributed by atoms with E-state index in [1.54, 1.807) is 16.8 Å². The number of aromatic nitrogens is 2. The van der Waals surface area contributed by atoms with Crippen LogP contribution >= 0.6 is 0 Å². The lowest BCUT2D eigenvalue weighted by Crippen LogP contribution is -2.01. The number of aryl methyl sites for hydroxylation is 1. The lowest BCUT2D eigenvalue weighted by atomic mass is 10.1. The first kappa shape index (κ1) is 12.4. The van der Waals surface area contributed by atoms with E-state index in [9.17, 15) is 4.39 Å². The van der Waals surface area contributed by atoms with Crippen LogP contribution < -0.4 is 5.73 Å². The Hall–Kier alpha value is -2.62. The number of halogens is 1. The monoisotopic (exact) mass is 267 g/mol. The minimum absolute atomic E-state index is 0.279. The van der Waals surface area contributed by atoms with Gasteiger partial charge in [0, 0.05) is 11.6 Å². The highest BCUT2D eigenvalue weighted by Crippen LogP contribution is 2.25. The third-order valence-electron chi connectivity index (χ3n) is 3.23. The molecule has 0 unspecified atom stereocenters. The summed E-state index contributed by atoms with van der Waals surface area (Å²) >= 11 is 0. The molecular formula is C16H14FN3.